The van der Waals surface area contributed by atoms with Crippen molar-refractivity contribution in [2.45, 2.75) is 33.3 Å². The molecule has 0 radical (unpaired) electrons. The number of hydrogen-bond donors (Lipinski definition) is 1. The number of hydrogen-bond acceptors (Lipinski definition) is 1. The van der Waals surface area contributed by atoms with E-state index in [4.69, 9.17) is 0 Å². The third kappa shape index (κ3) is 1.83. The van der Waals surface area contributed by atoms with Crippen LogP contribution < -0.4 is 0 Å². The molecule has 0 heterocycles. The molecule has 0 saturated carbocycles. The topological polar surface area (TPSA) is 20.2 Å². The van der Waals surface area contributed by atoms with E-state index in [1.807, 2.05) is 20.8 Å². The second-order valence-electron chi connectivity index (χ2n) is 3.60. The fraction of sp³-hybridized carbons (Fsp3) is 0.750. The average Bonchev–Trinajstić information content (AvgIpc) is 1.64. The number of rotatable bonds is 1. The van der Waals surface area contributed by atoms with Crippen LogP contribution in [0.1, 0.15) is 27.7 Å². The first-order valence-electron chi connectivity index (χ1n) is 3.17. The molecule has 0 aliphatic rings. The summed E-state index contributed by atoms with van der Waals surface area (Å²) in [6.45, 7) is 11.3. The van der Waals surface area contributed by atoms with E-state index >= 15 is 0 Å². The molecule has 0 aliphatic carbocycles. The van der Waals surface area contributed by atoms with Crippen LogP contribution in [0.4, 0.5) is 0 Å². The van der Waals surface area contributed by atoms with Gasteiger partial charge in [-0.05, 0) is 12.3 Å². The van der Waals surface area contributed by atoms with Crippen LogP contribution >= 0.6 is 0 Å². The predicted octanol–water partition coefficient (Wildman–Crippen LogP) is 1.97. The van der Waals surface area contributed by atoms with E-state index in [-0.39, 0.29) is 5.41 Å². The summed E-state index contributed by atoms with van der Waals surface area (Å²) in [7, 11) is 0. The van der Waals surface area contributed by atoms with E-state index in [1.165, 1.54) is 0 Å². The van der Waals surface area contributed by atoms with Crippen molar-refractivity contribution in [1.29, 1.82) is 0 Å². The molecule has 1 heteroatoms. The minimum atomic E-state index is -0.757. The fourth-order valence-electron chi connectivity index (χ4n) is 0.306. The van der Waals surface area contributed by atoms with E-state index in [1.54, 1.807) is 13.0 Å². The summed E-state index contributed by atoms with van der Waals surface area (Å²) >= 11 is 0. The van der Waals surface area contributed by atoms with Gasteiger partial charge in [-0.2, -0.15) is 0 Å². The molecule has 1 atom stereocenters. The molecular formula is C8H16O. The Morgan fingerprint density at radius 3 is 1.56 bits per heavy atom. The lowest BCUT2D eigenvalue weighted by Crippen LogP contribution is -2.37. The van der Waals surface area contributed by atoms with Crippen LogP contribution in [0, 0.1) is 5.41 Å². The maximum absolute atomic E-state index is 9.54. The lowest BCUT2D eigenvalue weighted by Gasteiger charge is -2.33. The van der Waals surface area contributed by atoms with Gasteiger partial charge >= 0.3 is 0 Å². The van der Waals surface area contributed by atoms with Crippen molar-refractivity contribution >= 4 is 0 Å². The zero-order chi connectivity index (χ0) is 7.71. The van der Waals surface area contributed by atoms with Gasteiger partial charge in [0.05, 0.1) is 5.60 Å². The predicted molar refractivity (Wildman–Crippen MR) is 40.3 cm³/mol. The minimum absolute atomic E-state index is 0.116. The first-order chi connectivity index (χ1) is 3.81. The van der Waals surface area contributed by atoms with Crippen LogP contribution in [0.5, 0.6) is 0 Å². The van der Waals surface area contributed by atoms with Crippen LogP contribution in [0.3, 0.4) is 0 Å². The third-order valence-corrected chi connectivity index (χ3v) is 1.92. The summed E-state index contributed by atoms with van der Waals surface area (Å²) in [4.78, 5) is 0. The van der Waals surface area contributed by atoms with E-state index in [0.29, 0.717) is 0 Å². The molecule has 9 heavy (non-hydrogen) atoms. The second-order valence-corrected chi connectivity index (χ2v) is 3.60. The Kier molecular flexibility index (Phi) is 2.07. The molecule has 0 rings (SSSR count). The van der Waals surface area contributed by atoms with Gasteiger partial charge in [0, 0.05) is 0 Å². The largest absolute Gasteiger partial charge is 0.386 e. The monoisotopic (exact) mass is 128 g/mol. The molecule has 0 aliphatic heterocycles. The summed E-state index contributed by atoms with van der Waals surface area (Å²) in [5, 5.41) is 9.54. The van der Waals surface area contributed by atoms with E-state index in [2.05, 4.69) is 6.58 Å². The van der Waals surface area contributed by atoms with Gasteiger partial charge in [0.15, 0.2) is 0 Å². The Balaban J connectivity index is 4.32. The maximum atomic E-state index is 9.54. The molecule has 0 bridgehead atoms. The standard InChI is InChI=1S/C8H16O/c1-6-8(5,9)7(2,3)4/h6,9H,1H2,2-5H3/t8-/m0/s1. The van der Waals surface area contributed by atoms with Crippen LogP contribution in [0.25, 0.3) is 0 Å². The molecule has 0 aromatic heterocycles. The molecule has 1 nitrogen and oxygen atoms in total. The summed E-state index contributed by atoms with van der Waals surface area (Å²) < 4.78 is 0. The first kappa shape index (κ1) is 8.70. The van der Waals surface area contributed by atoms with Crippen molar-refractivity contribution in [3.05, 3.63) is 12.7 Å². The smallest absolute Gasteiger partial charge is 0.0845 e. The van der Waals surface area contributed by atoms with Gasteiger partial charge in [0.2, 0.25) is 0 Å². The second kappa shape index (κ2) is 2.14. The van der Waals surface area contributed by atoms with Crippen molar-refractivity contribution in [2.75, 3.05) is 0 Å². The molecular weight excluding hydrogens is 112 g/mol. The highest BCUT2D eigenvalue weighted by molar-refractivity contribution is 4.99. The molecule has 54 valence electrons. The molecule has 0 fully saturated rings. The van der Waals surface area contributed by atoms with Crippen LogP contribution in [0.2, 0.25) is 0 Å². The van der Waals surface area contributed by atoms with Gasteiger partial charge in [-0.1, -0.05) is 26.8 Å². The summed E-state index contributed by atoms with van der Waals surface area (Å²) in [5.74, 6) is 0. The Morgan fingerprint density at radius 2 is 1.56 bits per heavy atom. The Labute approximate surface area is 57.4 Å². The Bertz CT molecular complexity index is 106. The number of aliphatic hydroxyl groups is 1. The van der Waals surface area contributed by atoms with Crippen LogP contribution in [-0.4, -0.2) is 10.7 Å². The van der Waals surface area contributed by atoms with Gasteiger partial charge in [-0.15, -0.1) is 6.58 Å². The van der Waals surface area contributed by atoms with Gasteiger partial charge < -0.3 is 5.11 Å². The quantitative estimate of drug-likeness (QED) is 0.535. The normalized spacial score (nSPS) is 18.8. The Morgan fingerprint density at radius 1 is 1.22 bits per heavy atom. The lowest BCUT2D eigenvalue weighted by atomic mass is 9.78. The third-order valence-electron chi connectivity index (χ3n) is 1.92. The Hall–Kier alpha value is -0.300. The van der Waals surface area contributed by atoms with E-state index in [9.17, 15) is 5.11 Å². The highest BCUT2D eigenvalue weighted by Crippen LogP contribution is 2.30. The van der Waals surface area contributed by atoms with Crippen LogP contribution in [0.15, 0.2) is 12.7 Å². The summed E-state index contributed by atoms with van der Waals surface area (Å²) in [5.41, 5.74) is -0.873. The molecule has 0 aromatic rings. The SMILES string of the molecule is C=C[C@](C)(O)C(C)(C)C. The van der Waals surface area contributed by atoms with Gasteiger partial charge in [-0.25, -0.2) is 0 Å². The van der Waals surface area contributed by atoms with Gasteiger partial charge in [-0.3, -0.25) is 0 Å². The van der Waals surface area contributed by atoms with Crippen molar-refractivity contribution in [2.24, 2.45) is 5.41 Å². The molecule has 1 N–H and O–H groups in total. The van der Waals surface area contributed by atoms with Crippen molar-refractivity contribution in [1.82, 2.24) is 0 Å². The minimum Gasteiger partial charge on any atom is -0.386 e. The molecule has 0 saturated heterocycles. The average molecular weight is 128 g/mol. The highest BCUT2D eigenvalue weighted by Gasteiger charge is 2.31. The fourth-order valence-corrected chi connectivity index (χ4v) is 0.306. The molecule has 0 amide bonds. The zero-order valence-corrected chi connectivity index (χ0v) is 6.73. The van der Waals surface area contributed by atoms with Gasteiger partial charge in [0.1, 0.15) is 0 Å². The van der Waals surface area contributed by atoms with Crippen molar-refractivity contribution in [3.8, 4) is 0 Å². The maximum Gasteiger partial charge on any atom is 0.0845 e. The zero-order valence-electron chi connectivity index (χ0n) is 6.73. The van der Waals surface area contributed by atoms with Crippen molar-refractivity contribution < 1.29 is 5.11 Å². The molecule has 0 aromatic carbocycles. The lowest BCUT2D eigenvalue weighted by molar-refractivity contribution is 0.00396. The first-order valence-corrected chi connectivity index (χ1v) is 3.17. The van der Waals surface area contributed by atoms with E-state index in [0.717, 1.165) is 0 Å². The van der Waals surface area contributed by atoms with E-state index < -0.39 is 5.60 Å². The van der Waals surface area contributed by atoms with Gasteiger partial charge in [0.25, 0.3) is 0 Å². The summed E-state index contributed by atoms with van der Waals surface area (Å²) in [6.07, 6.45) is 1.58. The van der Waals surface area contributed by atoms with Crippen molar-refractivity contribution in [3.63, 3.8) is 0 Å². The summed E-state index contributed by atoms with van der Waals surface area (Å²) in [6, 6.07) is 0. The highest BCUT2D eigenvalue weighted by atomic mass is 16.3. The van der Waals surface area contributed by atoms with Crippen LogP contribution in [-0.2, 0) is 0 Å². The molecule has 0 unspecified atom stereocenters. The molecule has 0 spiro atoms.